The van der Waals surface area contributed by atoms with Crippen LogP contribution in [-0.4, -0.2) is 14.6 Å². The maximum Gasteiger partial charge on any atom is 0.168 e. The molecule has 0 saturated carbocycles. The van der Waals surface area contributed by atoms with Crippen LogP contribution in [0.3, 0.4) is 0 Å². The van der Waals surface area contributed by atoms with Gasteiger partial charge < -0.3 is 0 Å². The molecule has 0 spiro atoms. The smallest absolute Gasteiger partial charge is 0.168 e. The minimum atomic E-state index is 0.667. The Morgan fingerprint density at radius 3 is 2.59 bits per heavy atom. The van der Waals surface area contributed by atoms with Gasteiger partial charge in [0.2, 0.25) is 0 Å². The number of fused-ring (bicyclic) bond motifs is 1. The fraction of sp³-hybridized carbons (Fsp3) is 0.0769. The zero-order chi connectivity index (χ0) is 11.8. The van der Waals surface area contributed by atoms with Gasteiger partial charge in [0, 0.05) is 22.8 Å². The summed E-state index contributed by atoms with van der Waals surface area (Å²) in [6.07, 6.45) is 1.88. The van der Waals surface area contributed by atoms with Crippen molar-refractivity contribution in [3.63, 3.8) is 0 Å². The fourth-order valence-corrected chi connectivity index (χ4v) is 1.92. The summed E-state index contributed by atoms with van der Waals surface area (Å²) < 4.78 is 1.93. The van der Waals surface area contributed by atoms with Crippen LogP contribution in [0.2, 0.25) is 5.02 Å². The fourth-order valence-electron chi connectivity index (χ4n) is 1.77. The first-order chi connectivity index (χ1) is 8.24. The Kier molecular flexibility index (Phi) is 2.34. The maximum absolute atomic E-state index is 5.91. The van der Waals surface area contributed by atoms with E-state index in [4.69, 9.17) is 11.6 Å². The summed E-state index contributed by atoms with van der Waals surface area (Å²) in [5, 5.41) is 8.96. The van der Waals surface area contributed by atoms with Gasteiger partial charge >= 0.3 is 0 Å². The lowest BCUT2D eigenvalue weighted by molar-refractivity contribution is 1.11. The molecule has 0 saturated heterocycles. The van der Waals surface area contributed by atoms with Crippen molar-refractivity contribution in [2.45, 2.75) is 6.92 Å². The van der Waals surface area contributed by atoms with E-state index in [1.165, 1.54) is 5.56 Å². The van der Waals surface area contributed by atoms with E-state index in [1.54, 1.807) is 6.07 Å². The minimum Gasteiger partial charge on any atom is -0.282 e. The highest BCUT2D eigenvalue weighted by atomic mass is 35.5. The van der Waals surface area contributed by atoms with Gasteiger partial charge in [-0.25, -0.2) is 0 Å². The quantitative estimate of drug-likeness (QED) is 0.656. The molecule has 0 aliphatic carbocycles. The molecule has 84 valence electrons. The summed E-state index contributed by atoms with van der Waals surface area (Å²) in [4.78, 5) is 0. The van der Waals surface area contributed by atoms with E-state index in [0.717, 1.165) is 17.0 Å². The molecule has 0 N–H and O–H groups in total. The first kappa shape index (κ1) is 10.3. The molecule has 17 heavy (non-hydrogen) atoms. The number of hydrogen-bond donors (Lipinski definition) is 0. The van der Waals surface area contributed by atoms with E-state index in [0.29, 0.717) is 5.02 Å². The van der Waals surface area contributed by atoms with Crippen molar-refractivity contribution in [1.29, 1.82) is 0 Å². The van der Waals surface area contributed by atoms with E-state index in [-0.39, 0.29) is 0 Å². The maximum atomic E-state index is 5.91. The Bertz CT molecular complexity index is 671. The van der Waals surface area contributed by atoms with Crippen LogP contribution in [0.4, 0.5) is 0 Å². The van der Waals surface area contributed by atoms with E-state index >= 15 is 0 Å². The number of nitrogens with zero attached hydrogens (tertiary/aromatic N) is 3. The third-order valence-corrected chi connectivity index (χ3v) is 2.92. The molecule has 3 nitrogen and oxygen atoms in total. The van der Waals surface area contributed by atoms with Gasteiger partial charge in [-0.05, 0) is 13.0 Å². The first-order valence-corrected chi connectivity index (χ1v) is 5.69. The van der Waals surface area contributed by atoms with Crippen molar-refractivity contribution in [2.24, 2.45) is 0 Å². The van der Waals surface area contributed by atoms with Gasteiger partial charge in [0.25, 0.3) is 0 Å². The summed E-state index contributed by atoms with van der Waals surface area (Å²) in [7, 11) is 0. The second-order valence-electron chi connectivity index (χ2n) is 3.96. The van der Waals surface area contributed by atoms with Crippen LogP contribution >= 0.6 is 11.6 Å². The van der Waals surface area contributed by atoms with Crippen LogP contribution in [0, 0.1) is 6.92 Å². The van der Waals surface area contributed by atoms with Crippen LogP contribution < -0.4 is 0 Å². The van der Waals surface area contributed by atoms with Gasteiger partial charge in [-0.15, -0.1) is 10.2 Å². The van der Waals surface area contributed by atoms with E-state index in [2.05, 4.69) is 29.3 Å². The molecule has 2 aromatic heterocycles. The highest BCUT2D eigenvalue weighted by molar-refractivity contribution is 6.30. The van der Waals surface area contributed by atoms with Gasteiger partial charge in [-0.1, -0.05) is 41.4 Å². The third kappa shape index (κ3) is 1.78. The molecular formula is C13H10ClN3. The molecule has 0 bridgehead atoms. The second-order valence-corrected chi connectivity index (χ2v) is 4.40. The summed E-state index contributed by atoms with van der Waals surface area (Å²) in [6, 6.07) is 11.8. The Balaban J connectivity index is 2.21. The normalized spacial score (nSPS) is 10.9. The van der Waals surface area contributed by atoms with Crippen molar-refractivity contribution in [3.05, 3.63) is 53.2 Å². The summed E-state index contributed by atoms with van der Waals surface area (Å²) in [5.41, 5.74) is 3.03. The molecule has 3 rings (SSSR count). The lowest BCUT2D eigenvalue weighted by Gasteiger charge is -2.00. The lowest BCUT2D eigenvalue weighted by atomic mass is 10.1. The molecule has 0 aliphatic heterocycles. The largest absolute Gasteiger partial charge is 0.282 e. The van der Waals surface area contributed by atoms with Gasteiger partial charge in [0.1, 0.15) is 0 Å². The summed E-state index contributed by atoms with van der Waals surface area (Å²) >= 11 is 5.91. The molecule has 0 atom stereocenters. The second kappa shape index (κ2) is 3.86. The number of pyridine rings is 1. The average molecular weight is 244 g/mol. The monoisotopic (exact) mass is 243 g/mol. The Morgan fingerprint density at radius 1 is 1.06 bits per heavy atom. The predicted molar refractivity (Wildman–Crippen MR) is 68.2 cm³/mol. The predicted octanol–water partition coefficient (Wildman–Crippen LogP) is 3.36. The lowest BCUT2D eigenvalue weighted by Crippen LogP contribution is -1.88. The van der Waals surface area contributed by atoms with Crippen LogP contribution in [-0.2, 0) is 0 Å². The van der Waals surface area contributed by atoms with E-state index in [1.807, 2.05) is 28.8 Å². The minimum absolute atomic E-state index is 0.667. The average Bonchev–Trinajstić information content (AvgIpc) is 2.73. The van der Waals surface area contributed by atoms with Gasteiger partial charge in [0.05, 0.1) is 0 Å². The van der Waals surface area contributed by atoms with E-state index in [9.17, 15) is 0 Å². The van der Waals surface area contributed by atoms with Crippen molar-refractivity contribution >= 4 is 17.2 Å². The van der Waals surface area contributed by atoms with Crippen LogP contribution in [0.5, 0.6) is 0 Å². The topological polar surface area (TPSA) is 30.2 Å². The molecule has 1 aromatic carbocycles. The van der Waals surface area contributed by atoms with Crippen molar-refractivity contribution in [2.75, 3.05) is 0 Å². The molecule has 0 radical (unpaired) electrons. The van der Waals surface area contributed by atoms with Crippen LogP contribution in [0.15, 0.2) is 42.6 Å². The Morgan fingerprint density at radius 2 is 1.82 bits per heavy atom. The standard InChI is InChI=1S/C13H10ClN3/c1-9-2-4-10(5-3-9)13-16-15-12-8-11(14)6-7-17(12)13/h2-8H,1H3. The highest BCUT2D eigenvalue weighted by Crippen LogP contribution is 2.20. The van der Waals surface area contributed by atoms with Crippen molar-refractivity contribution in [1.82, 2.24) is 14.6 Å². The zero-order valence-corrected chi connectivity index (χ0v) is 10.0. The van der Waals surface area contributed by atoms with Gasteiger partial charge in [0.15, 0.2) is 11.5 Å². The van der Waals surface area contributed by atoms with Crippen LogP contribution in [0.25, 0.3) is 17.0 Å². The highest BCUT2D eigenvalue weighted by Gasteiger charge is 2.07. The van der Waals surface area contributed by atoms with Crippen molar-refractivity contribution in [3.8, 4) is 11.4 Å². The molecule has 2 heterocycles. The van der Waals surface area contributed by atoms with Gasteiger partial charge in [-0.2, -0.15) is 0 Å². The number of hydrogen-bond acceptors (Lipinski definition) is 2. The number of benzene rings is 1. The van der Waals surface area contributed by atoms with Gasteiger partial charge in [-0.3, -0.25) is 4.40 Å². The van der Waals surface area contributed by atoms with Crippen LogP contribution in [0.1, 0.15) is 5.56 Å². The number of rotatable bonds is 1. The first-order valence-electron chi connectivity index (χ1n) is 5.31. The number of aryl methyl sites for hydroxylation is 1. The third-order valence-electron chi connectivity index (χ3n) is 2.68. The molecule has 0 amide bonds. The molecule has 4 heteroatoms. The number of aromatic nitrogens is 3. The Labute approximate surface area is 104 Å². The van der Waals surface area contributed by atoms with Crippen molar-refractivity contribution < 1.29 is 0 Å². The SMILES string of the molecule is Cc1ccc(-c2nnc3cc(Cl)ccn23)cc1. The molecular weight excluding hydrogens is 234 g/mol. The zero-order valence-electron chi connectivity index (χ0n) is 9.26. The Hall–Kier alpha value is -1.87. The number of halogens is 1. The molecule has 0 aliphatic rings. The molecule has 0 fully saturated rings. The molecule has 3 aromatic rings. The molecule has 0 unspecified atom stereocenters. The summed E-state index contributed by atoms with van der Waals surface area (Å²) in [6.45, 7) is 2.06. The summed E-state index contributed by atoms with van der Waals surface area (Å²) in [5.74, 6) is 0.830. The van der Waals surface area contributed by atoms with E-state index < -0.39 is 0 Å².